The average molecular weight is 236 g/mol. The van der Waals surface area contributed by atoms with Crippen LogP contribution in [0, 0.1) is 23.7 Å². The molecule has 0 aromatic rings. The van der Waals surface area contributed by atoms with Crippen molar-refractivity contribution < 1.29 is 4.79 Å². The summed E-state index contributed by atoms with van der Waals surface area (Å²) in [6.45, 7) is 3.22. The fourth-order valence-electron chi connectivity index (χ4n) is 4.79. The SMILES string of the molecule is CCNC(=O)CNC1CC2CC1C1CCCC21. The third-order valence-corrected chi connectivity index (χ3v) is 5.33. The van der Waals surface area contributed by atoms with E-state index in [0.29, 0.717) is 12.6 Å². The fraction of sp³-hybridized carbons (Fsp3) is 0.929. The first kappa shape index (κ1) is 11.5. The zero-order valence-electron chi connectivity index (χ0n) is 10.7. The lowest BCUT2D eigenvalue weighted by atomic mass is 9.79. The van der Waals surface area contributed by atoms with Crippen molar-refractivity contribution in [1.82, 2.24) is 10.6 Å². The molecule has 2 N–H and O–H groups in total. The third kappa shape index (κ3) is 1.99. The summed E-state index contributed by atoms with van der Waals surface area (Å²) in [6, 6.07) is 0.627. The van der Waals surface area contributed by atoms with Gasteiger partial charge in [0.1, 0.15) is 0 Å². The van der Waals surface area contributed by atoms with Crippen molar-refractivity contribution in [3.05, 3.63) is 0 Å². The summed E-state index contributed by atoms with van der Waals surface area (Å²) in [5.74, 6) is 4.03. The second-order valence-corrected chi connectivity index (χ2v) is 6.09. The summed E-state index contributed by atoms with van der Waals surface area (Å²) in [5.41, 5.74) is 0. The quantitative estimate of drug-likeness (QED) is 0.777. The molecule has 0 aliphatic heterocycles. The zero-order chi connectivity index (χ0) is 11.8. The highest BCUT2D eigenvalue weighted by Gasteiger charge is 2.53. The van der Waals surface area contributed by atoms with Crippen LogP contribution in [0.2, 0.25) is 0 Å². The van der Waals surface area contributed by atoms with Crippen LogP contribution in [-0.4, -0.2) is 25.0 Å². The van der Waals surface area contributed by atoms with Crippen LogP contribution in [-0.2, 0) is 4.79 Å². The minimum Gasteiger partial charge on any atom is -0.355 e. The predicted octanol–water partition coefficient (Wildman–Crippen LogP) is 1.54. The van der Waals surface area contributed by atoms with Crippen molar-refractivity contribution in [1.29, 1.82) is 0 Å². The molecule has 0 saturated heterocycles. The van der Waals surface area contributed by atoms with Crippen LogP contribution in [0.4, 0.5) is 0 Å². The van der Waals surface area contributed by atoms with Crippen molar-refractivity contribution >= 4 is 5.91 Å². The summed E-state index contributed by atoms with van der Waals surface area (Å²) in [5, 5.41) is 6.36. The largest absolute Gasteiger partial charge is 0.355 e. The van der Waals surface area contributed by atoms with Crippen molar-refractivity contribution in [3.8, 4) is 0 Å². The summed E-state index contributed by atoms with van der Waals surface area (Å²) >= 11 is 0. The maximum atomic E-state index is 11.5. The molecule has 0 aromatic carbocycles. The summed E-state index contributed by atoms with van der Waals surface area (Å²) in [6.07, 6.45) is 7.14. The van der Waals surface area contributed by atoms with E-state index in [9.17, 15) is 4.79 Å². The number of fused-ring (bicyclic) bond motifs is 5. The van der Waals surface area contributed by atoms with Crippen LogP contribution < -0.4 is 10.6 Å². The van der Waals surface area contributed by atoms with Gasteiger partial charge < -0.3 is 10.6 Å². The molecule has 3 nitrogen and oxygen atoms in total. The average Bonchev–Trinajstić information content (AvgIpc) is 2.98. The van der Waals surface area contributed by atoms with Gasteiger partial charge >= 0.3 is 0 Å². The normalized spacial score (nSPS) is 42.8. The van der Waals surface area contributed by atoms with E-state index in [1.807, 2.05) is 6.92 Å². The van der Waals surface area contributed by atoms with Gasteiger partial charge in [0.15, 0.2) is 0 Å². The predicted molar refractivity (Wildman–Crippen MR) is 67.5 cm³/mol. The van der Waals surface area contributed by atoms with Gasteiger partial charge in [0.25, 0.3) is 0 Å². The van der Waals surface area contributed by atoms with Crippen LogP contribution in [0.3, 0.4) is 0 Å². The van der Waals surface area contributed by atoms with Gasteiger partial charge in [-0.1, -0.05) is 6.42 Å². The highest BCUT2D eigenvalue weighted by atomic mass is 16.1. The molecule has 5 atom stereocenters. The lowest BCUT2D eigenvalue weighted by Crippen LogP contribution is -2.44. The van der Waals surface area contributed by atoms with E-state index in [-0.39, 0.29) is 5.91 Å². The third-order valence-electron chi connectivity index (χ3n) is 5.33. The first-order chi connectivity index (χ1) is 8.29. The molecule has 17 heavy (non-hydrogen) atoms. The van der Waals surface area contributed by atoms with Crippen LogP contribution in [0.1, 0.15) is 39.0 Å². The molecule has 0 aromatic heterocycles. The Labute approximate surface area is 104 Å². The molecule has 3 fully saturated rings. The van der Waals surface area contributed by atoms with Crippen LogP contribution in [0.25, 0.3) is 0 Å². The van der Waals surface area contributed by atoms with Gasteiger partial charge in [0.05, 0.1) is 6.54 Å². The second-order valence-electron chi connectivity index (χ2n) is 6.09. The molecule has 3 saturated carbocycles. The second kappa shape index (κ2) is 4.60. The Hall–Kier alpha value is -0.570. The summed E-state index contributed by atoms with van der Waals surface area (Å²) < 4.78 is 0. The van der Waals surface area contributed by atoms with Crippen molar-refractivity contribution in [2.24, 2.45) is 23.7 Å². The molecule has 0 heterocycles. The van der Waals surface area contributed by atoms with E-state index in [1.54, 1.807) is 0 Å². The molecule has 0 radical (unpaired) electrons. The molecule has 3 aliphatic carbocycles. The van der Waals surface area contributed by atoms with Gasteiger partial charge in [-0.3, -0.25) is 4.79 Å². The molecule has 1 amide bonds. The Morgan fingerprint density at radius 1 is 1.18 bits per heavy atom. The van der Waals surface area contributed by atoms with Crippen molar-refractivity contribution in [2.75, 3.05) is 13.1 Å². The molecule has 3 aliphatic rings. The number of likely N-dealkylation sites (N-methyl/N-ethyl adjacent to an activating group) is 1. The van der Waals surface area contributed by atoms with Gasteiger partial charge in [-0.05, 0) is 56.3 Å². The van der Waals surface area contributed by atoms with E-state index in [0.717, 1.165) is 30.2 Å². The minimum atomic E-state index is 0.151. The number of carbonyl (C=O) groups is 1. The van der Waals surface area contributed by atoms with Gasteiger partial charge in [0, 0.05) is 12.6 Å². The number of carbonyl (C=O) groups excluding carboxylic acids is 1. The van der Waals surface area contributed by atoms with Crippen LogP contribution in [0.5, 0.6) is 0 Å². The standard InChI is InChI=1S/C14H24N2O/c1-2-15-14(17)8-16-13-7-9-6-12(13)11-5-3-4-10(9)11/h9-13,16H,2-8H2,1H3,(H,15,17). The number of hydrogen-bond donors (Lipinski definition) is 2. The summed E-state index contributed by atoms with van der Waals surface area (Å²) in [4.78, 5) is 11.5. The van der Waals surface area contributed by atoms with Crippen LogP contribution >= 0.6 is 0 Å². The highest BCUT2D eigenvalue weighted by Crippen LogP contribution is 2.58. The first-order valence-electron chi connectivity index (χ1n) is 7.29. The smallest absolute Gasteiger partial charge is 0.233 e. The van der Waals surface area contributed by atoms with Gasteiger partial charge in [-0.2, -0.15) is 0 Å². The van der Waals surface area contributed by atoms with E-state index < -0.39 is 0 Å². The van der Waals surface area contributed by atoms with Crippen molar-refractivity contribution in [2.45, 2.75) is 45.1 Å². The molecule has 5 unspecified atom stereocenters. The van der Waals surface area contributed by atoms with Crippen LogP contribution in [0.15, 0.2) is 0 Å². The number of nitrogens with one attached hydrogen (secondary N) is 2. The van der Waals surface area contributed by atoms with Gasteiger partial charge in [-0.15, -0.1) is 0 Å². The lowest BCUT2D eigenvalue weighted by molar-refractivity contribution is -0.120. The molecule has 3 rings (SSSR count). The van der Waals surface area contributed by atoms with E-state index >= 15 is 0 Å². The number of hydrogen-bond acceptors (Lipinski definition) is 2. The molecular weight excluding hydrogens is 212 g/mol. The lowest BCUT2D eigenvalue weighted by Gasteiger charge is -2.32. The minimum absolute atomic E-state index is 0.151. The maximum Gasteiger partial charge on any atom is 0.233 e. The number of amides is 1. The summed E-state index contributed by atoms with van der Waals surface area (Å²) in [7, 11) is 0. The molecular formula is C14H24N2O. The Kier molecular flexibility index (Phi) is 3.12. The Morgan fingerprint density at radius 3 is 2.82 bits per heavy atom. The fourth-order valence-corrected chi connectivity index (χ4v) is 4.79. The monoisotopic (exact) mass is 236 g/mol. The van der Waals surface area contributed by atoms with E-state index in [2.05, 4.69) is 10.6 Å². The molecule has 0 spiro atoms. The molecule has 2 bridgehead atoms. The Bertz CT molecular complexity index is 305. The maximum absolute atomic E-state index is 11.5. The first-order valence-corrected chi connectivity index (χ1v) is 7.29. The molecule has 3 heteroatoms. The number of rotatable bonds is 4. The Morgan fingerprint density at radius 2 is 2.00 bits per heavy atom. The topological polar surface area (TPSA) is 41.1 Å². The van der Waals surface area contributed by atoms with Crippen molar-refractivity contribution in [3.63, 3.8) is 0 Å². The molecule has 96 valence electrons. The zero-order valence-corrected chi connectivity index (χ0v) is 10.7. The van der Waals surface area contributed by atoms with Gasteiger partial charge in [0.2, 0.25) is 5.91 Å². The Balaban J connectivity index is 1.52. The van der Waals surface area contributed by atoms with Gasteiger partial charge in [-0.25, -0.2) is 0 Å². The van der Waals surface area contributed by atoms with E-state index in [1.165, 1.54) is 32.1 Å². The highest BCUT2D eigenvalue weighted by molar-refractivity contribution is 5.77. The van der Waals surface area contributed by atoms with E-state index in [4.69, 9.17) is 0 Å².